The second-order valence-corrected chi connectivity index (χ2v) is 9.27. The van der Waals surface area contributed by atoms with E-state index in [1.54, 1.807) is 0 Å². The van der Waals surface area contributed by atoms with Gasteiger partial charge in [0.2, 0.25) is 10.0 Å². The minimum atomic E-state index is -3.83. The Labute approximate surface area is 147 Å². The zero-order valence-corrected chi connectivity index (χ0v) is 14.8. The van der Waals surface area contributed by atoms with E-state index >= 15 is 0 Å². The Morgan fingerprint density at radius 3 is 2.52 bits per heavy atom. The average molecular weight is 367 g/mol. The Hall–Kier alpha value is -1.47. The fourth-order valence-corrected chi connectivity index (χ4v) is 6.21. The number of esters is 1. The molecule has 136 valence electrons. The van der Waals surface area contributed by atoms with Gasteiger partial charge in [-0.25, -0.2) is 12.8 Å². The molecule has 2 bridgehead atoms. The predicted molar refractivity (Wildman–Crippen MR) is 88.6 cm³/mol. The molecule has 1 aromatic carbocycles. The molecule has 2 saturated carbocycles. The number of rotatable bonds is 4. The van der Waals surface area contributed by atoms with Gasteiger partial charge in [-0.2, -0.15) is 4.31 Å². The Balaban J connectivity index is 1.49. The third-order valence-electron chi connectivity index (χ3n) is 5.84. The van der Waals surface area contributed by atoms with Gasteiger partial charge in [0.15, 0.2) is 0 Å². The van der Waals surface area contributed by atoms with Crippen LogP contribution in [0.3, 0.4) is 0 Å². The van der Waals surface area contributed by atoms with Gasteiger partial charge >= 0.3 is 5.97 Å². The van der Waals surface area contributed by atoms with E-state index in [1.165, 1.54) is 22.9 Å². The Kier molecular flexibility index (Phi) is 4.32. The zero-order chi connectivity index (χ0) is 17.6. The van der Waals surface area contributed by atoms with Crippen molar-refractivity contribution < 1.29 is 22.3 Å². The summed E-state index contributed by atoms with van der Waals surface area (Å²) in [6.45, 7) is 0.288. The normalized spacial score (nSPS) is 32.2. The minimum absolute atomic E-state index is 0.00789. The van der Waals surface area contributed by atoms with Crippen LogP contribution in [0.5, 0.6) is 0 Å². The quantitative estimate of drug-likeness (QED) is 0.768. The van der Waals surface area contributed by atoms with Crippen LogP contribution in [0.1, 0.15) is 38.5 Å². The molecule has 0 aromatic heterocycles. The van der Waals surface area contributed by atoms with Crippen LogP contribution in [-0.4, -0.2) is 37.4 Å². The summed E-state index contributed by atoms with van der Waals surface area (Å²) in [6, 6.07) is 3.94. The molecule has 25 heavy (non-hydrogen) atoms. The first kappa shape index (κ1) is 17.0. The first-order chi connectivity index (χ1) is 11.9. The van der Waals surface area contributed by atoms with Gasteiger partial charge in [0.25, 0.3) is 0 Å². The van der Waals surface area contributed by atoms with Crippen LogP contribution < -0.4 is 0 Å². The second kappa shape index (κ2) is 6.36. The summed E-state index contributed by atoms with van der Waals surface area (Å²) in [4.78, 5) is 12.6. The summed E-state index contributed by atoms with van der Waals surface area (Å²) in [5.41, 5.74) is 0. The van der Waals surface area contributed by atoms with Gasteiger partial charge < -0.3 is 4.74 Å². The summed E-state index contributed by atoms with van der Waals surface area (Å²) in [7, 11) is -3.83. The Bertz CT molecular complexity index is 764. The molecule has 0 amide bonds. The lowest BCUT2D eigenvalue weighted by atomic mass is 9.98. The molecule has 1 heterocycles. The number of hydrogen-bond donors (Lipinski definition) is 0. The van der Waals surface area contributed by atoms with E-state index in [1.807, 2.05) is 0 Å². The van der Waals surface area contributed by atoms with Crippen LogP contribution in [0.4, 0.5) is 4.39 Å². The molecular formula is C18H22FNO4S. The first-order valence-electron chi connectivity index (χ1n) is 8.93. The highest BCUT2D eigenvalue weighted by Gasteiger charge is 2.45. The molecule has 1 saturated heterocycles. The molecule has 1 aliphatic heterocycles. The number of nitrogens with zero attached hydrogens (tertiary/aromatic N) is 1. The third-order valence-corrected chi connectivity index (χ3v) is 7.76. The van der Waals surface area contributed by atoms with Gasteiger partial charge in [-0.15, -0.1) is 0 Å². The molecule has 1 aromatic rings. The van der Waals surface area contributed by atoms with E-state index in [9.17, 15) is 17.6 Å². The van der Waals surface area contributed by atoms with Crippen molar-refractivity contribution in [1.82, 2.24) is 4.31 Å². The summed E-state index contributed by atoms with van der Waals surface area (Å²) >= 11 is 0. The largest absolute Gasteiger partial charge is 0.461 e. The van der Waals surface area contributed by atoms with Crippen molar-refractivity contribution in [1.29, 1.82) is 0 Å². The van der Waals surface area contributed by atoms with Crippen molar-refractivity contribution in [2.75, 3.05) is 6.54 Å². The van der Waals surface area contributed by atoms with E-state index in [0.29, 0.717) is 24.7 Å². The third kappa shape index (κ3) is 3.08. The number of carbonyl (C=O) groups excluding carboxylic acids is 1. The maximum absolute atomic E-state index is 13.1. The number of benzene rings is 1. The number of sulfonamides is 1. The van der Waals surface area contributed by atoms with Crippen LogP contribution in [-0.2, 0) is 19.6 Å². The van der Waals surface area contributed by atoms with E-state index in [-0.39, 0.29) is 17.5 Å². The van der Waals surface area contributed by atoms with Crippen LogP contribution >= 0.6 is 0 Å². The monoisotopic (exact) mass is 367 g/mol. The lowest BCUT2D eigenvalue weighted by molar-refractivity contribution is -0.155. The van der Waals surface area contributed by atoms with Crippen molar-refractivity contribution in [2.24, 2.45) is 11.8 Å². The van der Waals surface area contributed by atoms with Crippen LogP contribution in [0.25, 0.3) is 0 Å². The molecule has 2 aliphatic carbocycles. The molecule has 0 spiro atoms. The molecule has 0 N–H and O–H groups in total. The molecular weight excluding hydrogens is 345 g/mol. The Morgan fingerprint density at radius 1 is 1.12 bits per heavy atom. The molecule has 4 atom stereocenters. The molecule has 3 fully saturated rings. The standard InChI is InChI=1S/C18H22FNO4S/c19-14-5-7-15(8-6-14)25(22,23)20-9-1-2-16(20)18(21)24-17-11-12-3-4-13(17)10-12/h5-8,12-13,16-17H,1-4,9-11H2. The molecule has 5 nitrogen and oxygen atoms in total. The maximum atomic E-state index is 13.1. The van der Waals surface area contributed by atoms with E-state index in [4.69, 9.17) is 4.74 Å². The van der Waals surface area contributed by atoms with Crippen molar-refractivity contribution in [2.45, 2.75) is 55.6 Å². The first-order valence-corrected chi connectivity index (χ1v) is 10.4. The van der Waals surface area contributed by atoms with Crippen molar-refractivity contribution in [3.63, 3.8) is 0 Å². The van der Waals surface area contributed by atoms with Gasteiger partial charge in [0.1, 0.15) is 18.0 Å². The minimum Gasteiger partial charge on any atom is -0.461 e. The number of fused-ring (bicyclic) bond motifs is 2. The van der Waals surface area contributed by atoms with Crippen molar-refractivity contribution >= 4 is 16.0 Å². The average Bonchev–Trinajstić information content (AvgIpc) is 3.31. The van der Waals surface area contributed by atoms with Gasteiger partial charge in [-0.05, 0) is 74.6 Å². The molecule has 0 radical (unpaired) electrons. The van der Waals surface area contributed by atoms with E-state index < -0.39 is 27.9 Å². The van der Waals surface area contributed by atoms with Crippen molar-refractivity contribution in [3.05, 3.63) is 30.1 Å². The van der Waals surface area contributed by atoms with Crippen molar-refractivity contribution in [3.8, 4) is 0 Å². The smallest absolute Gasteiger partial charge is 0.324 e. The highest BCUT2D eigenvalue weighted by atomic mass is 32.2. The lowest BCUT2D eigenvalue weighted by Crippen LogP contribution is -2.43. The van der Waals surface area contributed by atoms with Gasteiger partial charge in [0, 0.05) is 6.54 Å². The predicted octanol–water partition coefficient (Wildman–Crippen LogP) is 2.71. The molecule has 4 unspecified atom stereocenters. The number of ether oxygens (including phenoxy) is 1. The van der Waals surface area contributed by atoms with Crippen LogP contribution in [0.2, 0.25) is 0 Å². The van der Waals surface area contributed by atoms with E-state index in [0.717, 1.165) is 31.4 Å². The SMILES string of the molecule is O=C(OC1CC2CCC1C2)C1CCCN1S(=O)(=O)c1ccc(F)cc1. The van der Waals surface area contributed by atoms with Gasteiger partial charge in [-0.3, -0.25) is 4.79 Å². The second-order valence-electron chi connectivity index (χ2n) is 7.38. The van der Waals surface area contributed by atoms with Crippen LogP contribution in [0.15, 0.2) is 29.2 Å². The number of halogens is 1. The molecule has 7 heteroatoms. The highest BCUT2D eigenvalue weighted by Crippen LogP contribution is 2.46. The summed E-state index contributed by atoms with van der Waals surface area (Å²) in [6.07, 6.45) is 5.39. The fourth-order valence-electron chi connectivity index (χ4n) is 4.56. The van der Waals surface area contributed by atoms with Gasteiger partial charge in [-0.1, -0.05) is 0 Å². The Morgan fingerprint density at radius 2 is 1.88 bits per heavy atom. The lowest BCUT2D eigenvalue weighted by Gasteiger charge is -2.27. The highest BCUT2D eigenvalue weighted by molar-refractivity contribution is 7.89. The summed E-state index contributed by atoms with van der Waals surface area (Å²) in [5, 5.41) is 0. The maximum Gasteiger partial charge on any atom is 0.324 e. The summed E-state index contributed by atoms with van der Waals surface area (Å²) in [5.74, 6) is 0.177. The zero-order valence-electron chi connectivity index (χ0n) is 13.9. The summed E-state index contributed by atoms with van der Waals surface area (Å²) < 4.78 is 45.6. The topological polar surface area (TPSA) is 63.7 Å². The fraction of sp³-hybridized carbons (Fsp3) is 0.611. The van der Waals surface area contributed by atoms with Gasteiger partial charge in [0.05, 0.1) is 4.90 Å². The number of hydrogen-bond acceptors (Lipinski definition) is 4. The van der Waals surface area contributed by atoms with E-state index in [2.05, 4.69) is 0 Å². The number of carbonyl (C=O) groups is 1. The molecule has 4 rings (SSSR count). The van der Waals surface area contributed by atoms with Crippen LogP contribution in [0, 0.1) is 17.7 Å². The molecule has 3 aliphatic rings.